The summed E-state index contributed by atoms with van der Waals surface area (Å²) in [7, 11) is 0. The van der Waals surface area contributed by atoms with Crippen LogP contribution in [0.1, 0.15) is 44.5 Å². The Morgan fingerprint density at radius 3 is 2.82 bits per heavy atom. The molecule has 0 saturated heterocycles. The molecular formula is C13H21N3O. The molecule has 0 atom stereocenters. The number of hydrogen-bond donors (Lipinski definition) is 2. The summed E-state index contributed by atoms with van der Waals surface area (Å²) in [5.41, 5.74) is 0.721. The molecule has 2 rings (SSSR count). The minimum absolute atomic E-state index is 0.00229. The molecule has 4 heteroatoms. The zero-order valence-corrected chi connectivity index (χ0v) is 10.6. The van der Waals surface area contributed by atoms with Gasteiger partial charge in [0.1, 0.15) is 5.82 Å². The summed E-state index contributed by atoms with van der Waals surface area (Å²) in [6, 6.07) is 0.379. The van der Waals surface area contributed by atoms with E-state index in [1.165, 1.54) is 19.3 Å². The van der Waals surface area contributed by atoms with Gasteiger partial charge in [-0.15, -0.1) is 0 Å². The minimum atomic E-state index is 0.00229. The summed E-state index contributed by atoms with van der Waals surface area (Å²) in [4.78, 5) is 19.0. The highest BCUT2D eigenvalue weighted by Gasteiger charge is 2.18. The Kier molecular flexibility index (Phi) is 3.94. The number of H-pyrrole nitrogens is 1. The van der Waals surface area contributed by atoms with E-state index < -0.39 is 0 Å². The van der Waals surface area contributed by atoms with Crippen molar-refractivity contribution in [2.45, 2.75) is 52.1 Å². The molecule has 1 aromatic rings. The van der Waals surface area contributed by atoms with E-state index in [2.05, 4.69) is 29.1 Å². The Hall–Kier alpha value is -1.16. The third-order valence-electron chi connectivity index (χ3n) is 3.33. The molecule has 1 saturated carbocycles. The number of nitrogens with zero attached hydrogens (tertiary/aromatic N) is 1. The summed E-state index contributed by atoms with van der Waals surface area (Å²) in [6.45, 7) is 4.71. The van der Waals surface area contributed by atoms with Crippen molar-refractivity contribution >= 4 is 0 Å². The minimum Gasteiger partial charge on any atom is -0.310 e. The quantitative estimate of drug-likeness (QED) is 0.815. The maximum Gasteiger partial charge on any atom is 0.255 e. The van der Waals surface area contributed by atoms with Gasteiger partial charge in [-0.2, -0.15) is 0 Å². The Balaban J connectivity index is 1.98. The summed E-state index contributed by atoms with van der Waals surface area (Å²) < 4.78 is 0. The molecule has 17 heavy (non-hydrogen) atoms. The van der Waals surface area contributed by atoms with E-state index in [4.69, 9.17) is 0 Å². The van der Waals surface area contributed by atoms with Crippen molar-refractivity contribution in [2.75, 3.05) is 0 Å². The molecule has 4 nitrogen and oxygen atoms in total. The first-order chi connectivity index (χ1) is 8.15. The molecule has 0 aromatic carbocycles. The molecule has 1 aromatic heterocycles. The lowest BCUT2D eigenvalue weighted by Crippen LogP contribution is -2.27. The molecule has 94 valence electrons. The maximum absolute atomic E-state index is 11.8. The molecule has 0 radical (unpaired) electrons. The van der Waals surface area contributed by atoms with Crippen molar-refractivity contribution in [3.05, 3.63) is 27.9 Å². The van der Waals surface area contributed by atoms with Crippen molar-refractivity contribution in [3.8, 4) is 0 Å². The summed E-state index contributed by atoms with van der Waals surface area (Å²) in [5.74, 6) is 1.57. The van der Waals surface area contributed by atoms with Gasteiger partial charge < -0.3 is 10.3 Å². The Labute approximate surface area is 102 Å². The van der Waals surface area contributed by atoms with Gasteiger partial charge in [-0.25, -0.2) is 4.98 Å². The van der Waals surface area contributed by atoms with Gasteiger partial charge in [0.05, 0.1) is 0 Å². The van der Waals surface area contributed by atoms with Crippen LogP contribution in [0, 0.1) is 5.92 Å². The first-order valence-corrected chi connectivity index (χ1v) is 6.45. The second-order valence-electron chi connectivity index (χ2n) is 5.22. The number of aromatic amines is 1. The van der Waals surface area contributed by atoms with Crippen LogP contribution in [0.15, 0.2) is 11.0 Å². The Bertz CT molecular complexity index is 421. The van der Waals surface area contributed by atoms with E-state index in [1.807, 2.05) is 0 Å². The molecule has 1 aliphatic rings. The molecule has 0 aliphatic heterocycles. The average molecular weight is 235 g/mol. The fraction of sp³-hybridized carbons (Fsp3) is 0.692. The second kappa shape index (κ2) is 5.45. The Morgan fingerprint density at radius 1 is 1.53 bits per heavy atom. The fourth-order valence-electron chi connectivity index (χ4n) is 1.97. The van der Waals surface area contributed by atoms with Crippen LogP contribution in [0.2, 0.25) is 0 Å². The van der Waals surface area contributed by atoms with Crippen LogP contribution >= 0.6 is 0 Å². The van der Waals surface area contributed by atoms with Crippen molar-refractivity contribution in [1.82, 2.24) is 15.3 Å². The molecule has 1 fully saturated rings. The zero-order valence-electron chi connectivity index (χ0n) is 10.6. The van der Waals surface area contributed by atoms with E-state index in [1.54, 1.807) is 6.20 Å². The molecule has 0 spiro atoms. The van der Waals surface area contributed by atoms with Crippen LogP contribution in [-0.4, -0.2) is 16.0 Å². The zero-order chi connectivity index (χ0) is 12.3. The predicted molar refractivity (Wildman–Crippen MR) is 67.9 cm³/mol. The predicted octanol–water partition coefficient (Wildman–Crippen LogP) is 1.61. The second-order valence-corrected chi connectivity index (χ2v) is 5.22. The maximum atomic E-state index is 11.8. The molecule has 1 heterocycles. The number of rotatable bonds is 5. The van der Waals surface area contributed by atoms with Gasteiger partial charge in [-0.05, 0) is 5.92 Å². The van der Waals surface area contributed by atoms with Crippen LogP contribution in [0.25, 0.3) is 0 Å². The molecule has 0 bridgehead atoms. The van der Waals surface area contributed by atoms with Gasteiger partial charge in [-0.1, -0.05) is 33.1 Å². The van der Waals surface area contributed by atoms with Gasteiger partial charge in [0.2, 0.25) is 0 Å². The highest BCUT2D eigenvalue weighted by Crippen LogP contribution is 2.28. The molecule has 0 amide bonds. The van der Waals surface area contributed by atoms with Gasteiger partial charge in [0.15, 0.2) is 0 Å². The molecule has 1 aliphatic carbocycles. The van der Waals surface area contributed by atoms with Crippen LogP contribution in [0.5, 0.6) is 0 Å². The van der Waals surface area contributed by atoms with E-state index >= 15 is 0 Å². The monoisotopic (exact) mass is 235 g/mol. The van der Waals surface area contributed by atoms with Crippen LogP contribution in [-0.2, 0) is 13.0 Å². The lowest BCUT2D eigenvalue weighted by Gasteiger charge is -2.24. The van der Waals surface area contributed by atoms with Gasteiger partial charge in [0, 0.05) is 30.8 Å². The first kappa shape index (κ1) is 12.3. The molecular weight excluding hydrogens is 214 g/mol. The van der Waals surface area contributed by atoms with E-state index in [-0.39, 0.29) is 5.56 Å². The van der Waals surface area contributed by atoms with Crippen LogP contribution < -0.4 is 10.9 Å². The van der Waals surface area contributed by atoms with E-state index in [0.29, 0.717) is 12.6 Å². The number of nitrogens with one attached hydrogen (secondary N) is 2. The largest absolute Gasteiger partial charge is 0.310 e. The van der Waals surface area contributed by atoms with Gasteiger partial charge in [0.25, 0.3) is 5.56 Å². The standard InChI is InChI=1S/C13H21N3O/c1-9(2)14-7-11-8-15-12(16-13(11)17)6-10-4-3-5-10/h8-10,14H,3-7H2,1-2H3,(H,15,16,17). The van der Waals surface area contributed by atoms with Crippen molar-refractivity contribution in [2.24, 2.45) is 5.92 Å². The summed E-state index contributed by atoms with van der Waals surface area (Å²) in [6.07, 6.45) is 6.52. The Morgan fingerprint density at radius 2 is 2.29 bits per heavy atom. The van der Waals surface area contributed by atoms with Crippen molar-refractivity contribution < 1.29 is 0 Å². The smallest absolute Gasteiger partial charge is 0.255 e. The normalized spacial score (nSPS) is 16.2. The first-order valence-electron chi connectivity index (χ1n) is 6.45. The highest BCUT2D eigenvalue weighted by molar-refractivity contribution is 5.06. The number of aromatic nitrogens is 2. The number of hydrogen-bond acceptors (Lipinski definition) is 3. The van der Waals surface area contributed by atoms with E-state index in [0.717, 1.165) is 23.7 Å². The molecule has 2 N–H and O–H groups in total. The van der Waals surface area contributed by atoms with Crippen molar-refractivity contribution in [3.63, 3.8) is 0 Å². The van der Waals surface area contributed by atoms with Gasteiger partial charge in [-0.3, -0.25) is 4.79 Å². The summed E-state index contributed by atoms with van der Waals surface area (Å²) >= 11 is 0. The molecule has 0 unspecified atom stereocenters. The van der Waals surface area contributed by atoms with E-state index in [9.17, 15) is 4.79 Å². The third kappa shape index (κ3) is 3.40. The SMILES string of the molecule is CC(C)NCc1cnc(CC2CCC2)[nH]c1=O. The lowest BCUT2D eigenvalue weighted by molar-refractivity contribution is 0.309. The topological polar surface area (TPSA) is 57.8 Å². The van der Waals surface area contributed by atoms with Crippen LogP contribution in [0.3, 0.4) is 0 Å². The average Bonchev–Trinajstić information content (AvgIpc) is 2.22. The summed E-state index contributed by atoms with van der Waals surface area (Å²) in [5, 5.41) is 3.23. The fourth-order valence-corrected chi connectivity index (χ4v) is 1.97. The highest BCUT2D eigenvalue weighted by atomic mass is 16.1. The van der Waals surface area contributed by atoms with Gasteiger partial charge >= 0.3 is 0 Å². The third-order valence-corrected chi connectivity index (χ3v) is 3.33. The van der Waals surface area contributed by atoms with Crippen LogP contribution in [0.4, 0.5) is 0 Å². The lowest BCUT2D eigenvalue weighted by atomic mass is 9.83. The van der Waals surface area contributed by atoms with Crippen molar-refractivity contribution in [1.29, 1.82) is 0 Å².